The Bertz CT molecular complexity index is 964. The molecule has 0 atom stereocenters. The maximum Gasteiger partial charge on any atom is 0.255 e. The maximum atomic E-state index is 12.6. The number of aromatic nitrogens is 3. The van der Waals surface area contributed by atoms with Gasteiger partial charge in [-0.3, -0.25) is 9.59 Å². The Balaban J connectivity index is 1.93. The van der Waals surface area contributed by atoms with E-state index in [4.69, 9.17) is 5.73 Å². The van der Waals surface area contributed by atoms with Crippen LogP contribution >= 0.6 is 0 Å². The van der Waals surface area contributed by atoms with Crippen LogP contribution < -0.4 is 5.73 Å². The molecule has 1 aromatic carbocycles. The lowest BCUT2D eigenvalue weighted by Crippen LogP contribution is -2.37. The van der Waals surface area contributed by atoms with Gasteiger partial charge in [-0.15, -0.1) is 5.10 Å². The van der Waals surface area contributed by atoms with Gasteiger partial charge in [0.05, 0.1) is 17.8 Å². The van der Waals surface area contributed by atoms with Crippen LogP contribution in [0, 0.1) is 0 Å². The van der Waals surface area contributed by atoms with E-state index < -0.39 is 0 Å². The van der Waals surface area contributed by atoms with Gasteiger partial charge in [-0.25, -0.2) is 9.50 Å². The van der Waals surface area contributed by atoms with Crippen molar-refractivity contribution in [1.82, 2.24) is 24.4 Å². The van der Waals surface area contributed by atoms with E-state index in [2.05, 4.69) is 10.1 Å². The SMILES string of the molecule is CN(C)C(=O)CN(C)C(=O)c1cc(N)c2nc(-c3ccccc3)nn2c1. The van der Waals surface area contributed by atoms with Gasteiger partial charge in [0.25, 0.3) is 5.91 Å². The molecular formula is C18H20N6O2. The molecule has 2 N–H and O–H groups in total. The molecule has 134 valence electrons. The van der Waals surface area contributed by atoms with Crippen LogP contribution in [-0.2, 0) is 4.79 Å². The molecule has 0 bridgehead atoms. The molecule has 0 unspecified atom stereocenters. The number of rotatable bonds is 4. The second-order valence-electron chi connectivity index (χ2n) is 6.20. The molecule has 0 aliphatic carbocycles. The topological polar surface area (TPSA) is 96.8 Å². The van der Waals surface area contributed by atoms with Crippen LogP contribution in [0.15, 0.2) is 42.6 Å². The van der Waals surface area contributed by atoms with E-state index in [1.165, 1.54) is 14.3 Å². The highest BCUT2D eigenvalue weighted by Crippen LogP contribution is 2.20. The van der Waals surface area contributed by atoms with Crippen molar-refractivity contribution in [2.75, 3.05) is 33.4 Å². The van der Waals surface area contributed by atoms with Gasteiger partial charge in [-0.1, -0.05) is 30.3 Å². The average Bonchev–Trinajstić information content (AvgIpc) is 3.06. The lowest BCUT2D eigenvalue weighted by Gasteiger charge is -2.19. The van der Waals surface area contributed by atoms with E-state index in [0.717, 1.165) is 5.56 Å². The predicted octanol–water partition coefficient (Wildman–Crippen LogP) is 1.14. The third-order valence-electron chi connectivity index (χ3n) is 3.96. The number of nitrogens with two attached hydrogens (primary N) is 1. The molecule has 0 aliphatic rings. The van der Waals surface area contributed by atoms with Gasteiger partial charge in [0.15, 0.2) is 11.5 Å². The minimum absolute atomic E-state index is 0.0175. The second kappa shape index (κ2) is 6.83. The standard InChI is InChI=1S/C18H20N6O2/c1-22(2)15(25)11-23(3)18(26)13-9-14(19)17-20-16(21-24(17)10-13)12-7-5-4-6-8-12/h4-10H,11,19H2,1-3H3. The Kier molecular flexibility index (Phi) is 4.57. The Morgan fingerprint density at radius 2 is 1.85 bits per heavy atom. The number of likely N-dealkylation sites (N-methyl/N-ethyl adjacent to an activating group) is 2. The number of fused-ring (bicyclic) bond motifs is 1. The molecule has 3 rings (SSSR count). The summed E-state index contributed by atoms with van der Waals surface area (Å²) in [5.74, 6) is 0.0469. The second-order valence-corrected chi connectivity index (χ2v) is 6.20. The monoisotopic (exact) mass is 352 g/mol. The smallest absolute Gasteiger partial charge is 0.255 e. The van der Waals surface area contributed by atoms with E-state index in [0.29, 0.717) is 22.7 Å². The molecule has 2 amide bonds. The van der Waals surface area contributed by atoms with Gasteiger partial charge in [0, 0.05) is 32.9 Å². The van der Waals surface area contributed by atoms with Crippen LogP contribution in [0.3, 0.4) is 0 Å². The van der Waals surface area contributed by atoms with Crippen molar-refractivity contribution in [3.05, 3.63) is 48.2 Å². The van der Waals surface area contributed by atoms with Crippen molar-refractivity contribution in [1.29, 1.82) is 0 Å². The van der Waals surface area contributed by atoms with Crippen molar-refractivity contribution >= 4 is 23.1 Å². The third kappa shape index (κ3) is 3.34. The summed E-state index contributed by atoms with van der Waals surface area (Å²) in [6, 6.07) is 11.1. The number of carbonyl (C=O) groups excluding carboxylic acids is 2. The molecule has 0 aliphatic heterocycles. The largest absolute Gasteiger partial charge is 0.396 e. The van der Waals surface area contributed by atoms with Crippen LogP contribution in [0.4, 0.5) is 5.69 Å². The molecule has 0 spiro atoms. The number of hydrogen-bond donors (Lipinski definition) is 1. The molecule has 2 aromatic heterocycles. The number of pyridine rings is 1. The summed E-state index contributed by atoms with van der Waals surface area (Å²) >= 11 is 0. The zero-order valence-electron chi connectivity index (χ0n) is 14.9. The highest BCUT2D eigenvalue weighted by atomic mass is 16.2. The van der Waals surface area contributed by atoms with Crippen molar-refractivity contribution in [2.45, 2.75) is 0 Å². The number of nitrogen functional groups attached to an aromatic ring is 1. The first kappa shape index (κ1) is 17.4. The van der Waals surface area contributed by atoms with Gasteiger partial charge >= 0.3 is 0 Å². The van der Waals surface area contributed by atoms with E-state index in [9.17, 15) is 9.59 Å². The zero-order chi connectivity index (χ0) is 18.8. The van der Waals surface area contributed by atoms with E-state index in [1.54, 1.807) is 33.4 Å². The number of benzene rings is 1. The van der Waals surface area contributed by atoms with Crippen LogP contribution in [0.5, 0.6) is 0 Å². The fourth-order valence-corrected chi connectivity index (χ4v) is 2.47. The molecule has 26 heavy (non-hydrogen) atoms. The fourth-order valence-electron chi connectivity index (χ4n) is 2.47. The molecule has 2 heterocycles. The van der Waals surface area contributed by atoms with E-state index in [-0.39, 0.29) is 18.4 Å². The first-order valence-corrected chi connectivity index (χ1v) is 8.03. The Morgan fingerprint density at radius 1 is 1.15 bits per heavy atom. The summed E-state index contributed by atoms with van der Waals surface area (Å²) in [6.45, 7) is -0.0175. The summed E-state index contributed by atoms with van der Waals surface area (Å²) < 4.78 is 1.49. The summed E-state index contributed by atoms with van der Waals surface area (Å²) in [5.41, 5.74) is 8.09. The summed E-state index contributed by atoms with van der Waals surface area (Å²) in [4.78, 5) is 31.6. The molecule has 3 aromatic rings. The number of carbonyl (C=O) groups is 2. The average molecular weight is 352 g/mol. The number of amides is 2. The third-order valence-corrected chi connectivity index (χ3v) is 3.96. The summed E-state index contributed by atoms with van der Waals surface area (Å²) in [5, 5.41) is 4.42. The first-order valence-electron chi connectivity index (χ1n) is 8.03. The van der Waals surface area contributed by atoms with Crippen molar-refractivity contribution in [2.24, 2.45) is 0 Å². The Morgan fingerprint density at radius 3 is 2.50 bits per heavy atom. The molecule has 0 saturated heterocycles. The quantitative estimate of drug-likeness (QED) is 0.759. The lowest BCUT2D eigenvalue weighted by molar-refractivity contribution is -0.129. The minimum Gasteiger partial charge on any atom is -0.396 e. The van der Waals surface area contributed by atoms with Crippen LogP contribution in [0.25, 0.3) is 17.0 Å². The van der Waals surface area contributed by atoms with Crippen LogP contribution in [0.2, 0.25) is 0 Å². The predicted molar refractivity (Wildman–Crippen MR) is 98.5 cm³/mol. The first-order chi connectivity index (χ1) is 12.4. The van der Waals surface area contributed by atoms with Crippen LogP contribution in [0.1, 0.15) is 10.4 Å². The van der Waals surface area contributed by atoms with Gasteiger partial charge in [-0.05, 0) is 6.07 Å². The molecular weight excluding hydrogens is 332 g/mol. The Labute approximate surface area is 150 Å². The summed E-state index contributed by atoms with van der Waals surface area (Å²) in [6.07, 6.45) is 1.57. The van der Waals surface area contributed by atoms with E-state index in [1.807, 2.05) is 30.3 Å². The van der Waals surface area contributed by atoms with Gasteiger partial charge < -0.3 is 15.5 Å². The fraction of sp³-hybridized carbons (Fsp3) is 0.222. The van der Waals surface area contributed by atoms with Crippen molar-refractivity contribution in [3.8, 4) is 11.4 Å². The molecule has 8 heteroatoms. The van der Waals surface area contributed by atoms with E-state index >= 15 is 0 Å². The normalized spacial score (nSPS) is 10.7. The van der Waals surface area contributed by atoms with Gasteiger partial charge in [0.1, 0.15) is 0 Å². The Hall–Kier alpha value is -3.42. The lowest BCUT2D eigenvalue weighted by atomic mass is 10.2. The molecule has 8 nitrogen and oxygen atoms in total. The molecule has 0 saturated carbocycles. The number of nitrogens with zero attached hydrogens (tertiary/aromatic N) is 5. The number of hydrogen-bond acceptors (Lipinski definition) is 5. The number of anilines is 1. The molecule has 0 fully saturated rings. The highest BCUT2D eigenvalue weighted by Gasteiger charge is 2.19. The maximum absolute atomic E-state index is 12.6. The summed E-state index contributed by atoms with van der Waals surface area (Å²) in [7, 11) is 4.86. The zero-order valence-corrected chi connectivity index (χ0v) is 14.9. The van der Waals surface area contributed by atoms with Gasteiger partial charge in [-0.2, -0.15) is 0 Å². The van der Waals surface area contributed by atoms with Crippen LogP contribution in [-0.4, -0.2) is 63.9 Å². The van der Waals surface area contributed by atoms with Crippen molar-refractivity contribution in [3.63, 3.8) is 0 Å². The van der Waals surface area contributed by atoms with Crippen molar-refractivity contribution < 1.29 is 9.59 Å². The minimum atomic E-state index is -0.314. The van der Waals surface area contributed by atoms with Gasteiger partial charge in [0.2, 0.25) is 5.91 Å². The molecule has 0 radical (unpaired) electrons. The highest BCUT2D eigenvalue weighted by molar-refractivity contribution is 5.97.